The summed E-state index contributed by atoms with van der Waals surface area (Å²) in [5.74, 6) is 0. The number of hydrogen-bond acceptors (Lipinski definition) is 4. The number of nitriles is 1. The summed E-state index contributed by atoms with van der Waals surface area (Å²) in [5.41, 5.74) is 1.82. The molecule has 17 heavy (non-hydrogen) atoms. The molecule has 0 N–H and O–H groups in total. The molecule has 1 rings (SSSR count). The van der Waals surface area contributed by atoms with Gasteiger partial charge in [-0.3, -0.25) is 18.6 Å². The topological polar surface area (TPSA) is 70.8 Å². The van der Waals surface area contributed by atoms with Crippen molar-refractivity contribution < 1.29 is 29.1 Å². The maximum atomic E-state index is 8.26. The minimum absolute atomic E-state index is 0. The van der Waals surface area contributed by atoms with Gasteiger partial charge in [0.2, 0.25) is 0 Å². The first-order valence-corrected chi connectivity index (χ1v) is 4.06. The second kappa shape index (κ2) is 23.9. The van der Waals surface area contributed by atoms with Crippen LogP contribution in [0.4, 0.5) is 0 Å². The van der Waals surface area contributed by atoms with Gasteiger partial charge in [0, 0.05) is 12.4 Å². The van der Waals surface area contributed by atoms with Crippen LogP contribution < -0.4 is 0 Å². The molecule has 1 heterocycles. The Morgan fingerprint density at radius 1 is 1.24 bits per heavy atom. The van der Waals surface area contributed by atoms with Gasteiger partial charge < -0.3 is 9.59 Å². The van der Waals surface area contributed by atoms with E-state index in [1.165, 1.54) is 5.57 Å². The Morgan fingerprint density at radius 3 is 1.71 bits per heavy atom. The van der Waals surface area contributed by atoms with Crippen molar-refractivity contribution in [1.82, 2.24) is 4.98 Å². The number of nitrogens with zero attached hydrogens (tertiary/aromatic N) is 2. The van der Waals surface area contributed by atoms with Crippen molar-refractivity contribution in [3.05, 3.63) is 42.2 Å². The summed E-state index contributed by atoms with van der Waals surface area (Å²) in [6.45, 7) is 14.0. The molecule has 0 spiro atoms. The smallest absolute Gasteiger partial charge is 0.545 e. The average Bonchev–Trinajstić information content (AvgIpc) is 2.34. The molecule has 4 nitrogen and oxygen atoms in total. The Kier molecular flexibility index (Phi) is 34.4. The van der Waals surface area contributed by atoms with E-state index in [1.54, 1.807) is 24.5 Å². The van der Waals surface area contributed by atoms with E-state index in [1.807, 2.05) is 19.9 Å². The second-order valence-electron chi connectivity index (χ2n) is 2.55. The number of rotatable bonds is 0. The van der Waals surface area contributed by atoms with Crippen molar-refractivity contribution in [2.24, 2.45) is 0 Å². The third kappa shape index (κ3) is 31.4. The summed E-state index contributed by atoms with van der Waals surface area (Å²) >= 11 is 0. The Hall–Kier alpha value is -1.66. The van der Waals surface area contributed by atoms with Gasteiger partial charge in [-0.15, -0.1) is 6.58 Å². The van der Waals surface area contributed by atoms with Crippen molar-refractivity contribution in [2.75, 3.05) is 0 Å². The molecular weight excluding hydrogens is 305 g/mol. The maximum Gasteiger partial charge on any atom is 2.00 e. The Bertz CT molecular complexity index is 304. The Morgan fingerprint density at radius 2 is 1.53 bits per heavy atom. The first-order chi connectivity index (χ1) is 7.66. The van der Waals surface area contributed by atoms with Crippen molar-refractivity contribution in [3.63, 3.8) is 0 Å². The zero-order valence-electron chi connectivity index (χ0n) is 9.74. The van der Waals surface area contributed by atoms with E-state index in [4.69, 9.17) is 14.9 Å². The molecule has 0 saturated heterocycles. The van der Waals surface area contributed by atoms with Crippen molar-refractivity contribution in [2.45, 2.75) is 13.8 Å². The molecule has 0 amide bonds. The van der Waals surface area contributed by atoms with Crippen molar-refractivity contribution in [3.8, 4) is 6.07 Å². The second-order valence-corrected chi connectivity index (χ2v) is 2.55. The summed E-state index contributed by atoms with van der Waals surface area (Å²) in [6.07, 6.45) is 3.19. The van der Waals surface area contributed by atoms with Gasteiger partial charge in [-0.05, 0) is 26.0 Å². The van der Waals surface area contributed by atoms with Gasteiger partial charge in [0.05, 0.1) is 11.6 Å². The Balaban J connectivity index is -0.0000000814. The van der Waals surface area contributed by atoms with E-state index in [2.05, 4.69) is 25.1 Å². The minimum Gasteiger partial charge on any atom is -0.545 e. The SMILES string of the molecule is C=C(C)C.N#Cc1ccncc1.[CH-]=O.[CH-]=O.[Ru+2]. The van der Waals surface area contributed by atoms with Crippen LogP contribution in [0.15, 0.2) is 36.7 Å². The van der Waals surface area contributed by atoms with Crippen LogP contribution >= 0.6 is 0 Å². The van der Waals surface area contributed by atoms with Gasteiger partial charge in [0.25, 0.3) is 0 Å². The van der Waals surface area contributed by atoms with E-state index in [9.17, 15) is 0 Å². The zero-order chi connectivity index (χ0) is 13.4. The van der Waals surface area contributed by atoms with Crippen LogP contribution in [0.2, 0.25) is 0 Å². The van der Waals surface area contributed by atoms with E-state index < -0.39 is 0 Å². The standard InChI is InChI=1S/C6H4N2.C4H8.2CHO.Ru/c7-5-6-1-3-8-4-2-6;1-4(2)3;2*1-2;/h1-4H;1H2,2-3H3;2*1H;/q;;2*-1;+2. The fourth-order valence-electron chi connectivity index (χ4n) is 0.426. The van der Waals surface area contributed by atoms with E-state index in [0.29, 0.717) is 5.56 Å². The fourth-order valence-corrected chi connectivity index (χ4v) is 0.426. The van der Waals surface area contributed by atoms with E-state index in [-0.39, 0.29) is 19.5 Å². The molecule has 0 atom stereocenters. The summed E-state index contributed by atoms with van der Waals surface area (Å²) < 4.78 is 0. The molecule has 0 aliphatic rings. The monoisotopic (exact) mass is 320 g/mol. The molecule has 1 aromatic rings. The van der Waals surface area contributed by atoms with Gasteiger partial charge in [0.1, 0.15) is 0 Å². The third-order valence-corrected chi connectivity index (χ3v) is 0.809. The Labute approximate surface area is 115 Å². The third-order valence-electron chi connectivity index (χ3n) is 0.809. The number of carbonyl (C=O) groups excluding carboxylic acids is 2. The van der Waals surface area contributed by atoms with Gasteiger partial charge in [-0.1, -0.05) is 5.57 Å². The van der Waals surface area contributed by atoms with Crippen LogP contribution in [0.3, 0.4) is 0 Å². The molecular formula is C12H14N2O2Ru. The van der Waals surface area contributed by atoms with Crippen LogP contribution in [0, 0.1) is 11.3 Å². The number of allylic oxidation sites excluding steroid dienone is 1. The normalized spacial score (nSPS) is 5.71. The quantitative estimate of drug-likeness (QED) is 0.317. The van der Waals surface area contributed by atoms with Crippen LogP contribution in [-0.2, 0) is 29.1 Å². The van der Waals surface area contributed by atoms with E-state index >= 15 is 0 Å². The molecule has 0 aliphatic carbocycles. The van der Waals surface area contributed by atoms with Gasteiger partial charge in [0.15, 0.2) is 0 Å². The largest absolute Gasteiger partial charge is 2.00 e. The van der Waals surface area contributed by atoms with E-state index in [0.717, 1.165) is 0 Å². The molecule has 92 valence electrons. The van der Waals surface area contributed by atoms with Gasteiger partial charge in [-0.2, -0.15) is 5.26 Å². The molecule has 0 bridgehead atoms. The van der Waals surface area contributed by atoms with Gasteiger partial charge in [-0.25, -0.2) is 0 Å². The van der Waals surface area contributed by atoms with Crippen LogP contribution in [0.5, 0.6) is 0 Å². The molecule has 0 aliphatic heterocycles. The van der Waals surface area contributed by atoms with Crippen LogP contribution in [0.25, 0.3) is 0 Å². The number of pyridine rings is 1. The maximum absolute atomic E-state index is 8.26. The molecule has 0 fully saturated rings. The molecule has 0 aromatic carbocycles. The van der Waals surface area contributed by atoms with Crippen LogP contribution in [-0.4, -0.2) is 18.6 Å². The predicted octanol–water partition coefficient (Wildman–Crippen LogP) is 1.98. The number of hydrogen-bond donors (Lipinski definition) is 0. The summed E-state index contributed by atoms with van der Waals surface area (Å²) in [6, 6.07) is 5.32. The molecule has 1 aromatic heterocycles. The molecule has 0 saturated carbocycles. The fraction of sp³-hybridized carbons (Fsp3) is 0.167. The first kappa shape index (κ1) is 24.5. The minimum atomic E-state index is 0. The van der Waals surface area contributed by atoms with Crippen molar-refractivity contribution >= 4 is 13.6 Å². The summed E-state index contributed by atoms with van der Waals surface area (Å²) in [5, 5.41) is 8.26. The average molecular weight is 319 g/mol. The molecule has 0 radical (unpaired) electrons. The van der Waals surface area contributed by atoms with Gasteiger partial charge >= 0.3 is 19.5 Å². The summed E-state index contributed by atoms with van der Waals surface area (Å²) in [4.78, 5) is 19.2. The van der Waals surface area contributed by atoms with Crippen molar-refractivity contribution in [1.29, 1.82) is 5.26 Å². The molecule has 0 unspecified atom stereocenters. The first-order valence-electron chi connectivity index (χ1n) is 4.06. The zero-order valence-corrected chi connectivity index (χ0v) is 11.5. The number of aromatic nitrogens is 1. The van der Waals surface area contributed by atoms with Crippen LogP contribution in [0.1, 0.15) is 19.4 Å². The molecule has 5 heteroatoms. The predicted molar refractivity (Wildman–Crippen MR) is 62.9 cm³/mol. The summed E-state index contributed by atoms with van der Waals surface area (Å²) in [7, 11) is 0.